The van der Waals surface area contributed by atoms with Crippen LogP contribution in [-0.4, -0.2) is 27.6 Å². The van der Waals surface area contributed by atoms with E-state index in [0.29, 0.717) is 13.0 Å². The maximum atomic E-state index is 11.7. The minimum Gasteiger partial charge on any atom is -0.355 e. The van der Waals surface area contributed by atoms with Gasteiger partial charge in [0.25, 0.3) is 0 Å². The third-order valence-corrected chi connectivity index (χ3v) is 2.80. The number of nitriles is 1. The van der Waals surface area contributed by atoms with Crippen LogP contribution in [0.1, 0.15) is 32.5 Å². The Kier molecular flexibility index (Phi) is 4.64. The summed E-state index contributed by atoms with van der Waals surface area (Å²) in [6.07, 6.45) is 3.47. The predicted octanol–water partition coefficient (Wildman–Crippen LogP) is 0.793. The third kappa shape index (κ3) is 3.55. The molecule has 0 aliphatic carbocycles. The first kappa shape index (κ1) is 13.2. The largest absolute Gasteiger partial charge is 0.355 e. The van der Waals surface area contributed by atoms with E-state index >= 15 is 0 Å². The van der Waals surface area contributed by atoms with Crippen LogP contribution in [0.3, 0.4) is 0 Å². The van der Waals surface area contributed by atoms with E-state index in [-0.39, 0.29) is 5.91 Å². The average molecular weight is 235 g/mol. The Labute approximate surface area is 100 Å². The van der Waals surface area contributed by atoms with Gasteiger partial charge >= 0.3 is 0 Å². The zero-order valence-electron chi connectivity index (χ0n) is 10.2. The van der Waals surface area contributed by atoms with Gasteiger partial charge in [0.1, 0.15) is 17.6 Å². The number of aromatic amines is 1. The molecule has 0 aromatic carbocycles. The van der Waals surface area contributed by atoms with Crippen molar-refractivity contribution < 1.29 is 4.79 Å². The SMILES string of the molecule is CCC(C)(C#N)C(=O)NCCCc1ncn[nH]1. The molecule has 1 heterocycles. The molecule has 0 aliphatic rings. The topological polar surface area (TPSA) is 94.5 Å². The maximum Gasteiger partial charge on any atom is 0.240 e. The van der Waals surface area contributed by atoms with Gasteiger partial charge in [0.2, 0.25) is 5.91 Å². The lowest BCUT2D eigenvalue weighted by atomic mass is 9.88. The number of carbonyl (C=O) groups excluding carboxylic acids is 1. The Morgan fingerprint density at radius 3 is 3.00 bits per heavy atom. The van der Waals surface area contributed by atoms with E-state index in [9.17, 15) is 4.79 Å². The number of nitrogens with one attached hydrogen (secondary N) is 2. The summed E-state index contributed by atoms with van der Waals surface area (Å²) in [5, 5.41) is 18.2. The Morgan fingerprint density at radius 1 is 1.71 bits per heavy atom. The lowest BCUT2D eigenvalue weighted by Gasteiger charge is -2.18. The summed E-state index contributed by atoms with van der Waals surface area (Å²) in [6.45, 7) is 4.02. The molecule has 0 spiro atoms. The van der Waals surface area contributed by atoms with Gasteiger partial charge in [-0.2, -0.15) is 10.4 Å². The van der Waals surface area contributed by atoms with Gasteiger partial charge in [-0.05, 0) is 19.8 Å². The van der Waals surface area contributed by atoms with E-state index in [4.69, 9.17) is 5.26 Å². The second kappa shape index (κ2) is 5.99. The molecule has 0 radical (unpaired) electrons. The van der Waals surface area contributed by atoms with E-state index in [1.807, 2.05) is 13.0 Å². The number of H-pyrrole nitrogens is 1. The fourth-order valence-corrected chi connectivity index (χ4v) is 1.29. The second-order valence-corrected chi connectivity index (χ2v) is 4.09. The predicted molar refractivity (Wildman–Crippen MR) is 61.7 cm³/mol. The summed E-state index contributed by atoms with van der Waals surface area (Å²) in [7, 11) is 0. The normalized spacial score (nSPS) is 13.7. The number of carbonyl (C=O) groups is 1. The molecule has 1 atom stereocenters. The summed E-state index contributed by atoms with van der Waals surface area (Å²) in [5.74, 6) is 0.595. The molecule has 1 aromatic rings. The number of aromatic nitrogens is 3. The minimum atomic E-state index is -0.924. The van der Waals surface area contributed by atoms with Gasteiger partial charge in [0, 0.05) is 13.0 Å². The minimum absolute atomic E-state index is 0.208. The molecule has 1 amide bonds. The summed E-state index contributed by atoms with van der Waals surface area (Å²) in [6, 6.07) is 2.04. The van der Waals surface area contributed by atoms with Crippen molar-refractivity contribution in [1.29, 1.82) is 5.26 Å². The summed E-state index contributed by atoms with van der Waals surface area (Å²) in [4.78, 5) is 15.7. The number of hydrogen-bond acceptors (Lipinski definition) is 4. The van der Waals surface area contributed by atoms with Gasteiger partial charge in [-0.3, -0.25) is 9.89 Å². The van der Waals surface area contributed by atoms with E-state index in [1.54, 1.807) is 6.92 Å². The monoisotopic (exact) mass is 235 g/mol. The highest BCUT2D eigenvalue weighted by Gasteiger charge is 2.30. The average Bonchev–Trinajstić information content (AvgIpc) is 2.86. The molecule has 1 unspecified atom stereocenters. The fourth-order valence-electron chi connectivity index (χ4n) is 1.29. The molecule has 1 aromatic heterocycles. The Bertz CT molecular complexity index is 394. The van der Waals surface area contributed by atoms with Crippen molar-refractivity contribution >= 4 is 5.91 Å². The van der Waals surface area contributed by atoms with Gasteiger partial charge in [-0.25, -0.2) is 4.98 Å². The van der Waals surface area contributed by atoms with Crippen molar-refractivity contribution in [2.45, 2.75) is 33.1 Å². The van der Waals surface area contributed by atoms with E-state index in [1.165, 1.54) is 6.33 Å². The number of rotatable bonds is 6. The number of nitrogens with zero attached hydrogens (tertiary/aromatic N) is 3. The molecule has 0 bridgehead atoms. The number of aryl methyl sites for hydroxylation is 1. The first-order valence-corrected chi connectivity index (χ1v) is 5.66. The first-order chi connectivity index (χ1) is 8.12. The zero-order valence-corrected chi connectivity index (χ0v) is 10.2. The smallest absolute Gasteiger partial charge is 0.240 e. The molecule has 92 valence electrons. The third-order valence-electron chi connectivity index (χ3n) is 2.80. The lowest BCUT2D eigenvalue weighted by Crippen LogP contribution is -2.38. The van der Waals surface area contributed by atoms with Crippen LogP contribution >= 0.6 is 0 Å². The van der Waals surface area contributed by atoms with Gasteiger partial charge in [-0.15, -0.1) is 0 Å². The molecule has 6 heteroatoms. The van der Waals surface area contributed by atoms with Gasteiger partial charge < -0.3 is 5.32 Å². The van der Waals surface area contributed by atoms with Crippen LogP contribution < -0.4 is 5.32 Å². The quantitative estimate of drug-likeness (QED) is 0.713. The molecule has 0 saturated heterocycles. The van der Waals surface area contributed by atoms with Crippen LogP contribution in [0.2, 0.25) is 0 Å². The molecule has 6 nitrogen and oxygen atoms in total. The molecule has 17 heavy (non-hydrogen) atoms. The number of amides is 1. The Balaban J connectivity index is 2.27. The van der Waals surface area contributed by atoms with E-state index in [2.05, 4.69) is 20.5 Å². The molecule has 1 rings (SSSR count). The lowest BCUT2D eigenvalue weighted by molar-refractivity contribution is -0.127. The Morgan fingerprint density at radius 2 is 2.47 bits per heavy atom. The highest BCUT2D eigenvalue weighted by Crippen LogP contribution is 2.19. The zero-order chi connectivity index (χ0) is 12.7. The molecule has 2 N–H and O–H groups in total. The van der Waals surface area contributed by atoms with Crippen molar-refractivity contribution in [3.8, 4) is 6.07 Å². The second-order valence-electron chi connectivity index (χ2n) is 4.09. The van der Waals surface area contributed by atoms with Crippen LogP contribution in [0.4, 0.5) is 0 Å². The van der Waals surface area contributed by atoms with Gasteiger partial charge in [0.05, 0.1) is 6.07 Å². The summed E-state index contributed by atoms with van der Waals surface area (Å²) >= 11 is 0. The van der Waals surface area contributed by atoms with Crippen LogP contribution in [-0.2, 0) is 11.2 Å². The summed E-state index contributed by atoms with van der Waals surface area (Å²) < 4.78 is 0. The van der Waals surface area contributed by atoms with Crippen LogP contribution in [0, 0.1) is 16.7 Å². The molecule has 0 fully saturated rings. The van der Waals surface area contributed by atoms with E-state index < -0.39 is 5.41 Å². The van der Waals surface area contributed by atoms with Gasteiger partial charge in [0.15, 0.2) is 0 Å². The standard InChI is InChI=1S/C11H17N5O/c1-3-11(2,7-12)10(17)13-6-4-5-9-14-8-15-16-9/h8H,3-6H2,1-2H3,(H,13,17)(H,14,15,16). The van der Waals surface area contributed by atoms with Crippen molar-refractivity contribution in [3.63, 3.8) is 0 Å². The summed E-state index contributed by atoms with van der Waals surface area (Å²) in [5.41, 5.74) is -0.924. The molecular formula is C11H17N5O. The van der Waals surface area contributed by atoms with Crippen molar-refractivity contribution in [3.05, 3.63) is 12.2 Å². The van der Waals surface area contributed by atoms with Crippen LogP contribution in [0.5, 0.6) is 0 Å². The highest BCUT2D eigenvalue weighted by atomic mass is 16.2. The maximum absolute atomic E-state index is 11.7. The molecule has 0 aliphatic heterocycles. The Hall–Kier alpha value is -1.90. The van der Waals surface area contributed by atoms with Crippen LogP contribution in [0.15, 0.2) is 6.33 Å². The van der Waals surface area contributed by atoms with Crippen molar-refractivity contribution in [2.24, 2.45) is 5.41 Å². The van der Waals surface area contributed by atoms with Crippen molar-refractivity contribution in [2.75, 3.05) is 6.54 Å². The van der Waals surface area contributed by atoms with Gasteiger partial charge in [-0.1, -0.05) is 6.92 Å². The number of hydrogen-bond donors (Lipinski definition) is 2. The fraction of sp³-hybridized carbons (Fsp3) is 0.636. The molecule has 0 saturated carbocycles. The van der Waals surface area contributed by atoms with Crippen LogP contribution in [0.25, 0.3) is 0 Å². The first-order valence-electron chi connectivity index (χ1n) is 5.66. The highest BCUT2D eigenvalue weighted by molar-refractivity contribution is 5.84. The van der Waals surface area contributed by atoms with Crippen molar-refractivity contribution in [1.82, 2.24) is 20.5 Å². The molecular weight excluding hydrogens is 218 g/mol. The van der Waals surface area contributed by atoms with E-state index in [0.717, 1.165) is 18.7 Å².